The molecule has 26 heavy (non-hydrogen) atoms. The molecule has 0 bridgehead atoms. The fourth-order valence-electron chi connectivity index (χ4n) is 2.60. The van der Waals surface area contributed by atoms with E-state index >= 15 is 0 Å². The number of nitrogens with one attached hydrogen (secondary N) is 1. The summed E-state index contributed by atoms with van der Waals surface area (Å²) in [5.74, 6) is -0.555. The third-order valence-corrected chi connectivity index (χ3v) is 4.05. The zero-order valence-corrected chi connectivity index (χ0v) is 14.5. The number of amides is 1. The molecule has 2 aromatic carbocycles. The van der Waals surface area contributed by atoms with Gasteiger partial charge in [-0.2, -0.15) is 0 Å². The van der Waals surface area contributed by atoms with Crippen molar-refractivity contribution in [2.75, 3.05) is 11.9 Å². The van der Waals surface area contributed by atoms with Crippen LogP contribution in [-0.2, 0) is 13.1 Å². The van der Waals surface area contributed by atoms with E-state index in [1.807, 2.05) is 31.3 Å². The summed E-state index contributed by atoms with van der Waals surface area (Å²) < 4.78 is 12.9. The van der Waals surface area contributed by atoms with Crippen LogP contribution in [0, 0.1) is 5.82 Å². The van der Waals surface area contributed by atoms with Gasteiger partial charge in [-0.1, -0.05) is 42.5 Å². The number of hydrogen-bond acceptors (Lipinski definition) is 3. The SMILES string of the molecule is CN(Cc1ccccc1)c1ccnc(C(=O)NCc2ccc(F)cc2)c1. The van der Waals surface area contributed by atoms with Crippen LogP contribution in [0.2, 0.25) is 0 Å². The lowest BCUT2D eigenvalue weighted by Gasteiger charge is -2.19. The minimum absolute atomic E-state index is 0.260. The van der Waals surface area contributed by atoms with Crippen LogP contribution >= 0.6 is 0 Å². The third kappa shape index (κ3) is 4.66. The first kappa shape index (κ1) is 17.6. The molecule has 0 aliphatic carbocycles. The van der Waals surface area contributed by atoms with Crippen molar-refractivity contribution in [3.05, 3.63) is 95.6 Å². The molecule has 3 rings (SSSR count). The Balaban J connectivity index is 1.64. The molecule has 132 valence electrons. The van der Waals surface area contributed by atoms with Crippen LogP contribution in [0.1, 0.15) is 21.6 Å². The van der Waals surface area contributed by atoms with Crippen molar-refractivity contribution in [2.45, 2.75) is 13.1 Å². The number of halogens is 1. The summed E-state index contributed by atoms with van der Waals surface area (Å²) in [4.78, 5) is 18.6. The monoisotopic (exact) mass is 349 g/mol. The molecule has 3 aromatic rings. The largest absolute Gasteiger partial charge is 0.370 e. The molecule has 0 unspecified atom stereocenters. The number of aromatic nitrogens is 1. The molecule has 0 aliphatic rings. The Morgan fingerprint density at radius 2 is 1.77 bits per heavy atom. The van der Waals surface area contributed by atoms with Crippen molar-refractivity contribution in [2.24, 2.45) is 0 Å². The first-order chi connectivity index (χ1) is 12.6. The minimum Gasteiger partial charge on any atom is -0.370 e. The molecule has 5 heteroatoms. The van der Waals surface area contributed by atoms with Gasteiger partial charge in [-0.3, -0.25) is 9.78 Å². The molecule has 0 fully saturated rings. The second-order valence-electron chi connectivity index (χ2n) is 6.05. The summed E-state index contributed by atoms with van der Waals surface area (Å²) in [6.45, 7) is 1.06. The molecule has 0 saturated heterocycles. The summed E-state index contributed by atoms with van der Waals surface area (Å²) in [6.07, 6.45) is 1.63. The maximum atomic E-state index is 12.9. The molecule has 1 heterocycles. The van der Waals surface area contributed by atoms with Crippen LogP contribution in [0.5, 0.6) is 0 Å². The second-order valence-corrected chi connectivity index (χ2v) is 6.05. The van der Waals surface area contributed by atoms with Crippen LogP contribution in [0.15, 0.2) is 72.9 Å². The average Bonchev–Trinajstić information content (AvgIpc) is 2.68. The zero-order valence-electron chi connectivity index (χ0n) is 14.5. The summed E-state index contributed by atoms with van der Waals surface area (Å²) in [5.41, 5.74) is 3.28. The predicted octanol–water partition coefficient (Wildman–Crippen LogP) is 3.79. The fourth-order valence-corrected chi connectivity index (χ4v) is 2.60. The smallest absolute Gasteiger partial charge is 0.270 e. The van der Waals surface area contributed by atoms with Gasteiger partial charge in [0, 0.05) is 32.0 Å². The highest BCUT2D eigenvalue weighted by Crippen LogP contribution is 2.16. The number of carbonyl (C=O) groups excluding carboxylic acids is 1. The number of carbonyl (C=O) groups is 1. The van der Waals surface area contributed by atoms with Gasteiger partial charge in [-0.05, 0) is 35.4 Å². The first-order valence-corrected chi connectivity index (χ1v) is 8.35. The van der Waals surface area contributed by atoms with Gasteiger partial charge in [0.1, 0.15) is 11.5 Å². The number of pyridine rings is 1. The van der Waals surface area contributed by atoms with Crippen molar-refractivity contribution >= 4 is 11.6 Å². The third-order valence-electron chi connectivity index (χ3n) is 4.05. The summed E-state index contributed by atoms with van der Waals surface area (Å²) >= 11 is 0. The van der Waals surface area contributed by atoms with Crippen LogP contribution in [0.4, 0.5) is 10.1 Å². The van der Waals surface area contributed by atoms with E-state index in [-0.39, 0.29) is 11.7 Å². The highest BCUT2D eigenvalue weighted by Gasteiger charge is 2.10. The van der Waals surface area contributed by atoms with Crippen molar-refractivity contribution in [3.8, 4) is 0 Å². The lowest BCUT2D eigenvalue weighted by atomic mass is 10.2. The molecule has 1 aromatic heterocycles. The minimum atomic E-state index is -0.295. The Hall–Kier alpha value is -3.21. The van der Waals surface area contributed by atoms with Gasteiger partial charge in [-0.15, -0.1) is 0 Å². The standard InChI is InChI=1S/C21H20FN3O/c1-25(15-17-5-3-2-4-6-17)19-11-12-23-20(13-19)21(26)24-14-16-7-9-18(22)10-8-16/h2-13H,14-15H2,1H3,(H,24,26). The summed E-state index contributed by atoms with van der Waals surface area (Å²) in [7, 11) is 1.97. The average molecular weight is 349 g/mol. The molecule has 1 N–H and O–H groups in total. The van der Waals surface area contributed by atoms with E-state index < -0.39 is 0 Å². The molecule has 0 aliphatic heterocycles. The van der Waals surface area contributed by atoms with E-state index in [0.717, 1.165) is 17.8 Å². The van der Waals surface area contributed by atoms with Crippen molar-refractivity contribution in [3.63, 3.8) is 0 Å². The number of benzene rings is 2. The van der Waals surface area contributed by atoms with E-state index in [9.17, 15) is 9.18 Å². The van der Waals surface area contributed by atoms with Crippen LogP contribution in [-0.4, -0.2) is 17.9 Å². The molecule has 1 amide bonds. The quantitative estimate of drug-likeness (QED) is 0.736. The lowest BCUT2D eigenvalue weighted by molar-refractivity contribution is 0.0946. The van der Waals surface area contributed by atoms with Gasteiger partial charge >= 0.3 is 0 Å². The lowest BCUT2D eigenvalue weighted by Crippen LogP contribution is -2.24. The Bertz CT molecular complexity index is 866. The molecule has 0 spiro atoms. The van der Waals surface area contributed by atoms with Gasteiger partial charge in [0.2, 0.25) is 0 Å². The number of anilines is 1. The highest BCUT2D eigenvalue weighted by molar-refractivity contribution is 5.93. The summed E-state index contributed by atoms with van der Waals surface area (Å²) in [5, 5.41) is 2.81. The molecular formula is C21H20FN3O. The summed E-state index contributed by atoms with van der Waals surface area (Å²) in [6, 6.07) is 19.8. The number of hydrogen-bond donors (Lipinski definition) is 1. The normalized spacial score (nSPS) is 10.4. The number of nitrogens with zero attached hydrogens (tertiary/aromatic N) is 2. The van der Waals surface area contributed by atoms with Gasteiger partial charge in [0.15, 0.2) is 0 Å². The van der Waals surface area contributed by atoms with Crippen LogP contribution in [0.25, 0.3) is 0 Å². The Morgan fingerprint density at radius 1 is 1.04 bits per heavy atom. The van der Waals surface area contributed by atoms with Crippen molar-refractivity contribution in [1.29, 1.82) is 0 Å². The zero-order chi connectivity index (χ0) is 18.4. The highest BCUT2D eigenvalue weighted by atomic mass is 19.1. The van der Waals surface area contributed by atoms with E-state index in [4.69, 9.17) is 0 Å². The van der Waals surface area contributed by atoms with Crippen LogP contribution in [0.3, 0.4) is 0 Å². The molecular weight excluding hydrogens is 329 g/mol. The first-order valence-electron chi connectivity index (χ1n) is 8.35. The van der Waals surface area contributed by atoms with Crippen LogP contribution < -0.4 is 10.2 Å². The molecule has 0 atom stereocenters. The van der Waals surface area contributed by atoms with Gasteiger partial charge in [-0.25, -0.2) is 4.39 Å². The van der Waals surface area contributed by atoms with Crippen molar-refractivity contribution < 1.29 is 9.18 Å². The predicted molar refractivity (Wildman–Crippen MR) is 100 cm³/mol. The van der Waals surface area contributed by atoms with E-state index in [1.54, 1.807) is 24.4 Å². The molecule has 0 radical (unpaired) electrons. The Labute approximate surface area is 152 Å². The Morgan fingerprint density at radius 3 is 2.50 bits per heavy atom. The van der Waals surface area contributed by atoms with E-state index in [1.165, 1.54) is 17.7 Å². The number of rotatable bonds is 6. The van der Waals surface area contributed by atoms with Gasteiger partial charge < -0.3 is 10.2 Å². The maximum Gasteiger partial charge on any atom is 0.270 e. The molecule has 0 saturated carbocycles. The molecule has 4 nitrogen and oxygen atoms in total. The van der Waals surface area contributed by atoms with Crippen molar-refractivity contribution in [1.82, 2.24) is 10.3 Å². The van der Waals surface area contributed by atoms with E-state index in [2.05, 4.69) is 27.3 Å². The fraction of sp³-hybridized carbons (Fsp3) is 0.143. The van der Waals surface area contributed by atoms with Gasteiger partial charge in [0.25, 0.3) is 5.91 Å². The second kappa shape index (κ2) is 8.25. The van der Waals surface area contributed by atoms with E-state index in [0.29, 0.717) is 12.2 Å². The Kier molecular flexibility index (Phi) is 5.59. The maximum absolute atomic E-state index is 12.9. The topological polar surface area (TPSA) is 45.2 Å². The van der Waals surface area contributed by atoms with Gasteiger partial charge in [0.05, 0.1) is 0 Å².